The highest BCUT2D eigenvalue weighted by Crippen LogP contribution is 2.38. The molecule has 0 spiro atoms. The number of hydrogen-bond donors (Lipinski definition) is 1. The first-order valence-corrected chi connectivity index (χ1v) is 6.51. The highest BCUT2D eigenvalue weighted by molar-refractivity contribution is 5.93. The normalized spacial score (nSPS) is 20.8. The number of nitrogens with one attached hydrogen (secondary N) is 1. The van der Waals surface area contributed by atoms with Crippen LogP contribution in [0.25, 0.3) is 0 Å². The first-order chi connectivity index (χ1) is 8.97. The van der Waals surface area contributed by atoms with Crippen molar-refractivity contribution in [1.29, 1.82) is 0 Å². The quantitative estimate of drug-likeness (QED) is 0.847. The summed E-state index contributed by atoms with van der Waals surface area (Å²) in [6.45, 7) is 5.67. The van der Waals surface area contributed by atoms with Crippen molar-refractivity contribution in [1.82, 2.24) is 0 Å². The maximum atomic E-state index is 11.7. The number of anilines is 1. The van der Waals surface area contributed by atoms with Gasteiger partial charge in [-0.3, -0.25) is 9.59 Å². The number of hydrogen-bond acceptors (Lipinski definition) is 3. The molecule has 0 heterocycles. The number of rotatable bonds is 4. The van der Waals surface area contributed by atoms with Crippen LogP contribution in [0.15, 0.2) is 18.2 Å². The van der Waals surface area contributed by atoms with Crippen molar-refractivity contribution < 1.29 is 14.3 Å². The fraction of sp³-hybridized carbons (Fsp3) is 0.467. The van der Waals surface area contributed by atoms with Crippen LogP contribution in [0.3, 0.4) is 0 Å². The van der Waals surface area contributed by atoms with Crippen molar-refractivity contribution in [2.24, 2.45) is 11.8 Å². The van der Waals surface area contributed by atoms with Crippen molar-refractivity contribution in [3.05, 3.63) is 29.3 Å². The minimum absolute atomic E-state index is 0.00601. The van der Waals surface area contributed by atoms with Crippen molar-refractivity contribution in [2.75, 3.05) is 11.9 Å². The van der Waals surface area contributed by atoms with Gasteiger partial charge in [0.15, 0.2) is 6.61 Å². The van der Waals surface area contributed by atoms with E-state index in [1.165, 1.54) is 0 Å². The van der Waals surface area contributed by atoms with Crippen LogP contribution >= 0.6 is 0 Å². The van der Waals surface area contributed by atoms with Crippen LogP contribution in [-0.2, 0) is 14.3 Å². The molecule has 19 heavy (non-hydrogen) atoms. The molecule has 4 nitrogen and oxygen atoms in total. The van der Waals surface area contributed by atoms with E-state index in [1.807, 2.05) is 39.0 Å². The second-order valence-corrected chi connectivity index (χ2v) is 5.29. The molecule has 1 amide bonds. The Morgan fingerprint density at radius 2 is 2.05 bits per heavy atom. The number of carbonyl (C=O) groups is 2. The molecule has 1 N–H and O–H groups in total. The number of esters is 1. The van der Waals surface area contributed by atoms with Crippen molar-refractivity contribution in [2.45, 2.75) is 27.2 Å². The molecule has 0 radical (unpaired) electrons. The summed E-state index contributed by atoms with van der Waals surface area (Å²) in [6, 6.07) is 5.83. The van der Waals surface area contributed by atoms with E-state index in [9.17, 15) is 9.59 Å². The van der Waals surface area contributed by atoms with Gasteiger partial charge in [-0.15, -0.1) is 0 Å². The van der Waals surface area contributed by atoms with Crippen LogP contribution in [0.2, 0.25) is 0 Å². The number of carbonyl (C=O) groups excluding carboxylic acids is 2. The Morgan fingerprint density at radius 1 is 1.37 bits per heavy atom. The Morgan fingerprint density at radius 3 is 2.68 bits per heavy atom. The van der Waals surface area contributed by atoms with E-state index in [1.54, 1.807) is 0 Å². The lowest BCUT2D eigenvalue weighted by Crippen LogP contribution is -2.22. The Kier molecular flexibility index (Phi) is 3.88. The van der Waals surface area contributed by atoms with Gasteiger partial charge in [0.2, 0.25) is 0 Å². The van der Waals surface area contributed by atoms with E-state index in [0.29, 0.717) is 5.92 Å². The highest BCUT2D eigenvalue weighted by Gasteiger charge is 2.40. The van der Waals surface area contributed by atoms with Crippen molar-refractivity contribution in [3.8, 4) is 0 Å². The van der Waals surface area contributed by atoms with E-state index in [2.05, 4.69) is 5.32 Å². The average molecular weight is 261 g/mol. The first kappa shape index (κ1) is 13.6. The zero-order valence-corrected chi connectivity index (χ0v) is 11.5. The van der Waals surface area contributed by atoms with Crippen molar-refractivity contribution >= 4 is 17.6 Å². The Bertz CT molecular complexity index is 510. The molecule has 0 aliphatic heterocycles. The summed E-state index contributed by atoms with van der Waals surface area (Å²) >= 11 is 0. The molecule has 1 fully saturated rings. The lowest BCUT2D eigenvalue weighted by Gasteiger charge is -2.09. The van der Waals surface area contributed by atoms with Gasteiger partial charge < -0.3 is 10.1 Å². The highest BCUT2D eigenvalue weighted by atomic mass is 16.5. The van der Waals surface area contributed by atoms with E-state index in [0.717, 1.165) is 23.2 Å². The third kappa shape index (κ3) is 3.56. The van der Waals surface area contributed by atoms with Gasteiger partial charge in [-0.05, 0) is 43.4 Å². The van der Waals surface area contributed by atoms with Crippen LogP contribution in [-0.4, -0.2) is 18.5 Å². The molecular weight excluding hydrogens is 242 g/mol. The van der Waals surface area contributed by atoms with Crippen LogP contribution in [0, 0.1) is 25.7 Å². The summed E-state index contributed by atoms with van der Waals surface area (Å²) in [5.74, 6) is -0.165. The summed E-state index contributed by atoms with van der Waals surface area (Å²) in [7, 11) is 0. The topological polar surface area (TPSA) is 55.4 Å². The number of ether oxygens (including phenoxy) is 1. The molecule has 2 atom stereocenters. The van der Waals surface area contributed by atoms with Gasteiger partial charge in [0, 0.05) is 5.69 Å². The second kappa shape index (κ2) is 5.43. The minimum atomic E-state index is -0.296. The summed E-state index contributed by atoms with van der Waals surface area (Å²) in [4.78, 5) is 23.2. The zero-order valence-electron chi connectivity index (χ0n) is 11.5. The Hall–Kier alpha value is -1.84. The minimum Gasteiger partial charge on any atom is -0.455 e. The third-order valence-electron chi connectivity index (χ3n) is 3.42. The molecule has 1 aliphatic rings. The van der Waals surface area contributed by atoms with Gasteiger partial charge in [-0.2, -0.15) is 0 Å². The molecule has 1 saturated carbocycles. The second-order valence-electron chi connectivity index (χ2n) is 5.29. The molecule has 0 unspecified atom stereocenters. The van der Waals surface area contributed by atoms with Gasteiger partial charge in [0.1, 0.15) is 0 Å². The molecule has 0 aromatic heterocycles. The summed E-state index contributed by atoms with van der Waals surface area (Å²) < 4.78 is 4.99. The molecular formula is C15H19NO3. The fourth-order valence-electron chi connectivity index (χ4n) is 1.95. The molecule has 2 rings (SSSR count). The summed E-state index contributed by atoms with van der Waals surface area (Å²) in [5, 5.41) is 2.76. The maximum Gasteiger partial charge on any atom is 0.309 e. The lowest BCUT2D eigenvalue weighted by molar-refractivity contribution is -0.148. The maximum absolute atomic E-state index is 11.7. The fourth-order valence-corrected chi connectivity index (χ4v) is 1.95. The number of amides is 1. The standard InChI is InChI=1S/C15H19NO3/c1-9-4-5-10(2)13(6-9)16-14(17)8-19-15(18)12-7-11(12)3/h4-6,11-12H,7-8H2,1-3H3,(H,16,17)/t11-,12-/m1/s1. The molecule has 102 valence electrons. The average Bonchev–Trinajstić information content (AvgIpc) is 3.08. The zero-order chi connectivity index (χ0) is 14.0. The van der Waals surface area contributed by atoms with Gasteiger partial charge >= 0.3 is 5.97 Å². The summed E-state index contributed by atoms with van der Waals surface area (Å²) in [5.41, 5.74) is 2.83. The van der Waals surface area contributed by atoms with Crippen LogP contribution in [0.5, 0.6) is 0 Å². The monoisotopic (exact) mass is 261 g/mol. The molecule has 0 bridgehead atoms. The van der Waals surface area contributed by atoms with Gasteiger partial charge in [-0.25, -0.2) is 0 Å². The predicted molar refractivity (Wildman–Crippen MR) is 72.8 cm³/mol. The van der Waals surface area contributed by atoms with Gasteiger partial charge in [0.05, 0.1) is 5.92 Å². The summed E-state index contributed by atoms with van der Waals surface area (Å²) in [6.07, 6.45) is 0.872. The van der Waals surface area contributed by atoms with Crippen LogP contribution < -0.4 is 5.32 Å². The van der Waals surface area contributed by atoms with E-state index < -0.39 is 0 Å². The van der Waals surface area contributed by atoms with Gasteiger partial charge in [-0.1, -0.05) is 19.1 Å². The molecule has 0 saturated heterocycles. The van der Waals surface area contributed by atoms with E-state index in [4.69, 9.17) is 4.74 Å². The smallest absolute Gasteiger partial charge is 0.309 e. The van der Waals surface area contributed by atoms with Crippen LogP contribution in [0.4, 0.5) is 5.69 Å². The van der Waals surface area contributed by atoms with Crippen LogP contribution in [0.1, 0.15) is 24.5 Å². The van der Waals surface area contributed by atoms with E-state index >= 15 is 0 Å². The predicted octanol–water partition coefficient (Wildman–Crippen LogP) is 2.44. The lowest BCUT2D eigenvalue weighted by atomic mass is 10.1. The molecule has 1 aliphatic carbocycles. The largest absolute Gasteiger partial charge is 0.455 e. The van der Waals surface area contributed by atoms with E-state index in [-0.39, 0.29) is 24.4 Å². The number of benzene rings is 1. The molecule has 1 aromatic carbocycles. The third-order valence-corrected chi connectivity index (χ3v) is 3.42. The Labute approximate surface area is 113 Å². The number of aryl methyl sites for hydroxylation is 2. The molecule has 1 aromatic rings. The SMILES string of the molecule is Cc1ccc(C)c(NC(=O)COC(=O)[C@@H]2C[C@H]2C)c1. The Balaban J connectivity index is 1.84. The first-order valence-electron chi connectivity index (χ1n) is 6.51. The molecule has 4 heteroatoms. The van der Waals surface area contributed by atoms with Gasteiger partial charge in [0.25, 0.3) is 5.91 Å². The van der Waals surface area contributed by atoms with Crippen molar-refractivity contribution in [3.63, 3.8) is 0 Å².